The molecule has 0 bridgehead atoms. The highest BCUT2D eigenvalue weighted by atomic mass is 35.5. The number of hydrogen-bond donors (Lipinski definition) is 0. The Morgan fingerprint density at radius 2 is 2.14 bits per heavy atom. The smallest absolute Gasteiger partial charge is 0.228 e. The second-order valence-corrected chi connectivity index (χ2v) is 7.81. The van der Waals surface area contributed by atoms with Crippen molar-refractivity contribution in [2.45, 2.75) is 25.3 Å². The van der Waals surface area contributed by atoms with Crippen LogP contribution < -0.4 is 0 Å². The maximum Gasteiger partial charge on any atom is 0.228 e. The van der Waals surface area contributed by atoms with Crippen LogP contribution in [0, 0.1) is 16.4 Å². The normalized spacial score (nSPS) is 19.6. The molecule has 28 heavy (non-hydrogen) atoms. The Morgan fingerprint density at radius 3 is 2.86 bits per heavy atom. The van der Waals surface area contributed by atoms with E-state index in [0.29, 0.717) is 43.2 Å². The van der Waals surface area contributed by atoms with E-state index in [2.05, 4.69) is 0 Å². The van der Waals surface area contributed by atoms with Crippen LogP contribution in [0.2, 0.25) is 5.02 Å². The van der Waals surface area contributed by atoms with Gasteiger partial charge in [0.2, 0.25) is 5.91 Å². The molecule has 1 atom stereocenters. The van der Waals surface area contributed by atoms with Gasteiger partial charge in [-0.3, -0.25) is 4.79 Å². The number of carbonyl (C=O) groups is 1. The first kappa shape index (κ1) is 18.3. The first-order chi connectivity index (χ1) is 13.9. The Hall–Kier alpha value is -1.77. The monoisotopic (exact) mass is 428 g/mol. The summed E-state index contributed by atoms with van der Waals surface area (Å²) >= 11 is 11.3. The minimum Gasteiger partial charge on any atom is -0.378 e. The third kappa shape index (κ3) is 3.27. The van der Waals surface area contributed by atoms with E-state index in [1.165, 1.54) is 6.07 Å². The molecular weight excluding hydrogens is 408 g/mol. The molecule has 2 aliphatic rings. The van der Waals surface area contributed by atoms with Crippen LogP contribution in [0.25, 0.3) is 0 Å². The van der Waals surface area contributed by atoms with Gasteiger partial charge in [-0.2, -0.15) is 0 Å². The number of fused-ring (bicyclic) bond motifs is 1. The second kappa shape index (κ2) is 7.57. The van der Waals surface area contributed by atoms with E-state index in [4.69, 9.17) is 29.9 Å². The third-order valence-corrected chi connectivity index (χ3v) is 6.19. The molecule has 0 spiro atoms. The summed E-state index contributed by atoms with van der Waals surface area (Å²) in [5.41, 5.74) is 1.35. The zero-order valence-electron chi connectivity index (χ0n) is 16.1. The van der Waals surface area contributed by atoms with Gasteiger partial charge in [0.1, 0.15) is 11.6 Å². The predicted octanol–water partition coefficient (Wildman–Crippen LogP) is 3.23. The van der Waals surface area contributed by atoms with E-state index in [0.717, 1.165) is 11.8 Å². The van der Waals surface area contributed by atoms with E-state index in [9.17, 15) is 13.6 Å². The zero-order chi connectivity index (χ0) is 20.7. The number of nitrogens with zero attached hydrogens (tertiary/aromatic N) is 3. The highest BCUT2D eigenvalue weighted by Crippen LogP contribution is 2.37. The Balaban J connectivity index is 1.66. The summed E-state index contributed by atoms with van der Waals surface area (Å²) in [6.45, 7) is 2.34. The van der Waals surface area contributed by atoms with E-state index < -0.39 is 17.6 Å². The van der Waals surface area contributed by atoms with Crippen molar-refractivity contribution < 1.29 is 19.7 Å². The van der Waals surface area contributed by atoms with Gasteiger partial charge in [-0.1, -0.05) is 11.6 Å². The lowest BCUT2D eigenvalue weighted by Crippen LogP contribution is -2.41. The maximum atomic E-state index is 14.5. The van der Waals surface area contributed by atoms with Gasteiger partial charge in [0, 0.05) is 50.9 Å². The zero-order valence-corrected chi connectivity index (χ0v) is 16.7. The van der Waals surface area contributed by atoms with Crippen LogP contribution in [-0.4, -0.2) is 46.2 Å². The molecule has 0 radical (unpaired) electrons. The van der Waals surface area contributed by atoms with Gasteiger partial charge in [0.15, 0.2) is 4.77 Å². The van der Waals surface area contributed by atoms with Crippen LogP contribution >= 0.6 is 23.8 Å². The Labute approximate surface area is 172 Å². The molecule has 0 aliphatic carbocycles. The molecule has 3 heterocycles. The van der Waals surface area contributed by atoms with Crippen LogP contribution in [0.4, 0.5) is 8.78 Å². The van der Waals surface area contributed by atoms with Crippen molar-refractivity contribution in [1.29, 1.82) is 0 Å². The van der Waals surface area contributed by atoms with E-state index in [1.807, 2.05) is 0 Å². The van der Waals surface area contributed by atoms with E-state index in [-0.39, 0.29) is 36.5 Å². The summed E-state index contributed by atoms with van der Waals surface area (Å²) in [4.78, 5) is 14.5. The molecule has 1 saturated heterocycles. The van der Waals surface area contributed by atoms with Gasteiger partial charge in [0.25, 0.3) is 0 Å². The van der Waals surface area contributed by atoms with Crippen molar-refractivity contribution in [2.24, 2.45) is 7.02 Å². The van der Waals surface area contributed by atoms with Gasteiger partial charge < -0.3 is 18.8 Å². The molecule has 4 rings (SSSR count). The van der Waals surface area contributed by atoms with Gasteiger partial charge >= 0.3 is 0 Å². The summed E-state index contributed by atoms with van der Waals surface area (Å²) in [5.74, 6) is -1.94. The number of ether oxygens (including phenoxy) is 1. The van der Waals surface area contributed by atoms with E-state index >= 15 is 0 Å². The fourth-order valence-electron chi connectivity index (χ4n) is 4.00. The topological polar surface area (TPSA) is 39.4 Å². The summed E-state index contributed by atoms with van der Waals surface area (Å²) in [7, 11) is -0.116. The summed E-state index contributed by atoms with van der Waals surface area (Å²) < 4.78 is 45.8. The van der Waals surface area contributed by atoms with Crippen LogP contribution in [-0.2, 0) is 35.9 Å². The summed E-state index contributed by atoms with van der Waals surface area (Å²) in [6.07, 6.45) is 0.425. The van der Waals surface area contributed by atoms with Crippen LogP contribution in [0.15, 0.2) is 12.1 Å². The number of rotatable bonds is 3. The number of imidazole rings is 1. The SMILES string of the molecule is [2H]Cn1c(CC(=O)N2CCOCC2)c2n(c1=S)C[C@H](c1c(F)ccc(Cl)c1F)C2. The average Bonchev–Trinajstić information content (AvgIpc) is 3.25. The predicted molar refractivity (Wildman–Crippen MR) is 103 cm³/mol. The first-order valence-electron chi connectivity index (χ1n) is 9.72. The third-order valence-electron chi connectivity index (χ3n) is 5.46. The van der Waals surface area contributed by atoms with Crippen molar-refractivity contribution >= 4 is 29.7 Å². The van der Waals surface area contributed by atoms with Gasteiger partial charge in [-0.15, -0.1) is 0 Å². The van der Waals surface area contributed by atoms with Crippen molar-refractivity contribution in [3.8, 4) is 0 Å². The molecule has 1 fully saturated rings. The maximum absolute atomic E-state index is 14.5. The minimum atomic E-state index is -0.757. The molecule has 2 aromatic rings. The summed E-state index contributed by atoms with van der Waals surface area (Å²) in [6, 6.07) is 2.36. The lowest BCUT2D eigenvalue weighted by Gasteiger charge is -2.27. The van der Waals surface area contributed by atoms with Gasteiger partial charge in [-0.25, -0.2) is 8.78 Å². The molecule has 5 nitrogen and oxygen atoms in total. The van der Waals surface area contributed by atoms with Crippen molar-refractivity contribution in [3.63, 3.8) is 0 Å². The number of amides is 1. The number of benzene rings is 1. The highest BCUT2D eigenvalue weighted by Gasteiger charge is 2.33. The molecule has 1 amide bonds. The standard InChI is InChI=1S/C19H20ClF2N3O2S/c1-23-14(9-16(26)24-4-6-27-7-5-24)15-8-11(10-25(15)19(23)28)17-13(21)3-2-12(20)18(17)22/h2-3,11H,4-10H2,1H3/t11-/m1/s1/i1D. The molecule has 1 aromatic heterocycles. The molecule has 0 unspecified atom stereocenters. The van der Waals surface area contributed by atoms with Gasteiger partial charge in [0.05, 0.1) is 24.7 Å². The quantitative estimate of drug-likeness (QED) is 0.556. The Kier molecular flexibility index (Phi) is 4.94. The molecule has 0 saturated carbocycles. The van der Waals surface area contributed by atoms with Crippen molar-refractivity contribution in [1.82, 2.24) is 14.0 Å². The molecule has 150 valence electrons. The van der Waals surface area contributed by atoms with Crippen LogP contribution in [0.5, 0.6) is 0 Å². The molecular formula is C19H20ClF2N3O2S. The van der Waals surface area contributed by atoms with Gasteiger partial charge in [-0.05, 0) is 30.8 Å². The first-order valence-corrected chi connectivity index (χ1v) is 9.80. The molecule has 1 aromatic carbocycles. The average molecular weight is 429 g/mol. The molecule has 0 N–H and O–H groups in total. The van der Waals surface area contributed by atoms with E-state index in [1.54, 1.807) is 14.0 Å². The lowest BCUT2D eigenvalue weighted by molar-refractivity contribution is -0.134. The largest absolute Gasteiger partial charge is 0.378 e. The highest BCUT2D eigenvalue weighted by molar-refractivity contribution is 7.71. The fraction of sp³-hybridized carbons (Fsp3) is 0.474. The number of carbonyl (C=O) groups excluding carboxylic acids is 1. The Morgan fingerprint density at radius 1 is 1.39 bits per heavy atom. The van der Waals surface area contributed by atoms with Crippen molar-refractivity contribution in [2.75, 3.05) is 26.3 Å². The summed E-state index contributed by atoms with van der Waals surface area (Å²) in [5, 5.41) is -0.125. The minimum absolute atomic E-state index is 0.0570. The molecule has 2 aliphatic heterocycles. The van der Waals surface area contributed by atoms with Crippen molar-refractivity contribution in [3.05, 3.63) is 50.5 Å². The number of halogens is 3. The molecule has 9 heteroatoms. The van der Waals surface area contributed by atoms with Crippen LogP contribution in [0.1, 0.15) is 24.2 Å². The second-order valence-electron chi connectivity index (χ2n) is 7.04. The van der Waals surface area contributed by atoms with Crippen LogP contribution in [0.3, 0.4) is 0 Å². The fourth-order valence-corrected chi connectivity index (χ4v) is 4.46. The lowest BCUT2D eigenvalue weighted by atomic mass is 9.95. The number of hydrogen-bond acceptors (Lipinski definition) is 3. The number of morpholine rings is 1. The number of aromatic nitrogens is 2. The Bertz CT molecular complexity index is 1020.